The Bertz CT molecular complexity index is 815. The maximum atomic E-state index is 12.6. The number of benzene rings is 3. The molecule has 0 aliphatic carbocycles. The maximum Gasteiger partial charge on any atom is 0.255 e. The lowest BCUT2D eigenvalue weighted by Crippen LogP contribution is -2.14. The molecule has 0 aliphatic rings. The number of nitrogens with one attached hydrogen (secondary N) is 1. The van der Waals surface area contributed by atoms with Crippen LogP contribution in [0.1, 0.15) is 21.5 Å². The zero-order valence-corrected chi connectivity index (χ0v) is 14.1. The van der Waals surface area contributed by atoms with Gasteiger partial charge in [-0.15, -0.1) is 0 Å². The summed E-state index contributed by atoms with van der Waals surface area (Å²) in [5.74, 6) is -0.0940. The summed E-state index contributed by atoms with van der Waals surface area (Å²) in [4.78, 5) is 12.6. The summed E-state index contributed by atoms with van der Waals surface area (Å²) >= 11 is 3.45. The van der Waals surface area contributed by atoms with Crippen LogP contribution in [0, 0.1) is 0 Å². The van der Waals surface area contributed by atoms with E-state index in [0.717, 1.165) is 22.1 Å². The van der Waals surface area contributed by atoms with E-state index in [9.17, 15) is 4.79 Å². The van der Waals surface area contributed by atoms with Crippen molar-refractivity contribution in [3.63, 3.8) is 0 Å². The van der Waals surface area contributed by atoms with Crippen molar-refractivity contribution in [3.05, 3.63) is 100 Å². The highest BCUT2D eigenvalue weighted by atomic mass is 79.9. The lowest BCUT2D eigenvalue weighted by Gasteiger charge is -2.11. The fourth-order valence-corrected chi connectivity index (χ4v) is 2.85. The van der Waals surface area contributed by atoms with Crippen molar-refractivity contribution in [1.29, 1.82) is 0 Å². The third-order valence-electron chi connectivity index (χ3n) is 3.62. The molecule has 0 radical (unpaired) electrons. The van der Waals surface area contributed by atoms with Crippen LogP contribution in [0.2, 0.25) is 0 Å². The van der Waals surface area contributed by atoms with Gasteiger partial charge in [-0.2, -0.15) is 0 Å². The molecule has 2 nitrogen and oxygen atoms in total. The quantitative estimate of drug-likeness (QED) is 0.668. The van der Waals surface area contributed by atoms with Gasteiger partial charge in [-0.3, -0.25) is 4.79 Å². The van der Waals surface area contributed by atoms with Gasteiger partial charge >= 0.3 is 0 Å². The maximum absolute atomic E-state index is 12.6. The molecular weight excluding hydrogens is 350 g/mol. The SMILES string of the molecule is O=C(Nc1ccccc1Br)c1ccccc1Cc1ccccc1. The van der Waals surface area contributed by atoms with Gasteiger partial charge in [-0.25, -0.2) is 0 Å². The van der Waals surface area contributed by atoms with E-state index in [1.54, 1.807) is 0 Å². The van der Waals surface area contributed by atoms with Gasteiger partial charge in [0, 0.05) is 10.0 Å². The van der Waals surface area contributed by atoms with Gasteiger partial charge < -0.3 is 5.32 Å². The molecule has 0 saturated heterocycles. The van der Waals surface area contributed by atoms with Crippen LogP contribution in [0.25, 0.3) is 0 Å². The van der Waals surface area contributed by atoms with Crippen molar-refractivity contribution < 1.29 is 4.79 Å². The Labute approximate surface area is 144 Å². The predicted molar refractivity (Wildman–Crippen MR) is 97.8 cm³/mol. The van der Waals surface area contributed by atoms with Gasteiger partial charge in [0.15, 0.2) is 0 Å². The Morgan fingerprint density at radius 2 is 1.48 bits per heavy atom. The van der Waals surface area contributed by atoms with Gasteiger partial charge in [-0.1, -0.05) is 60.7 Å². The van der Waals surface area contributed by atoms with Crippen LogP contribution in [0.5, 0.6) is 0 Å². The molecule has 0 heterocycles. The molecule has 3 aromatic rings. The van der Waals surface area contributed by atoms with Gasteiger partial charge in [-0.05, 0) is 51.7 Å². The zero-order valence-electron chi connectivity index (χ0n) is 12.5. The fraction of sp³-hybridized carbons (Fsp3) is 0.0500. The monoisotopic (exact) mass is 365 g/mol. The lowest BCUT2D eigenvalue weighted by atomic mass is 9.99. The van der Waals surface area contributed by atoms with Crippen molar-refractivity contribution in [2.24, 2.45) is 0 Å². The number of anilines is 1. The minimum Gasteiger partial charge on any atom is -0.321 e. The molecule has 1 amide bonds. The Balaban J connectivity index is 1.85. The Morgan fingerprint density at radius 3 is 2.26 bits per heavy atom. The highest BCUT2D eigenvalue weighted by Crippen LogP contribution is 2.23. The molecule has 0 spiro atoms. The Kier molecular flexibility index (Phi) is 4.89. The van der Waals surface area contributed by atoms with Gasteiger partial charge in [0.05, 0.1) is 5.69 Å². The van der Waals surface area contributed by atoms with Crippen LogP contribution in [0.15, 0.2) is 83.3 Å². The third kappa shape index (κ3) is 3.88. The molecule has 0 atom stereocenters. The van der Waals surface area contributed by atoms with Crippen LogP contribution >= 0.6 is 15.9 Å². The number of amides is 1. The summed E-state index contributed by atoms with van der Waals surface area (Å²) in [5, 5.41) is 2.97. The average Bonchev–Trinajstić information content (AvgIpc) is 2.58. The standard InChI is InChI=1S/C20H16BrNO/c21-18-12-6-7-13-19(18)22-20(23)17-11-5-4-10-16(17)14-15-8-2-1-3-9-15/h1-13H,14H2,(H,22,23). The summed E-state index contributed by atoms with van der Waals surface area (Å²) in [6, 6.07) is 25.5. The molecule has 0 unspecified atom stereocenters. The molecule has 3 aromatic carbocycles. The minimum atomic E-state index is -0.0940. The summed E-state index contributed by atoms with van der Waals surface area (Å²) in [6.07, 6.45) is 0.737. The van der Waals surface area contributed by atoms with Gasteiger partial charge in [0.2, 0.25) is 0 Å². The van der Waals surface area contributed by atoms with E-state index in [0.29, 0.717) is 5.56 Å². The molecule has 23 heavy (non-hydrogen) atoms. The van der Waals surface area contributed by atoms with E-state index >= 15 is 0 Å². The van der Waals surface area contributed by atoms with E-state index in [-0.39, 0.29) is 5.91 Å². The van der Waals surface area contributed by atoms with Crippen LogP contribution in [0.4, 0.5) is 5.69 Å². The summed E-state index contributed by atoms with van der Waals surface area (Å²) in [7, 11) is 0. The van der Waals surface area contributed by atoms with Crippen LogP contribution in [0.3, 0.4) is 0 Å². The number of rotatable bonds is 4. The first-order valence-corrected chi connectivity index (χ1v) is 8.21. The molecular formula is C20H16BrNO. The second kappa shape index (κ2) is 7.25. The zero-order chi connectivity index (χ0) is 16.1. The van der Waals surface area contributed by atoms with Crippen molar-refractivity contribution >= 4 is 27.5 Å². The average molecular weight is 366 g/mol. The first-order chi connectivity index (χ1) is 11.2. The Morgan fingerprint density at radius 1 is 0.826 bits per heavy atom. The van der Waals surface area contributed by atoms with Crippen LogP contribution < -0.4 is 5.32 Å². The van der Waals surface area contributed by atoms with Crippen molar-refractivity contribution in [3.8, 4) is 0 Å². The molecule has 3 rings (SSSR count). The highest BCUT2D eigenvalue weighted by molar-refractivity contribution is 9.10. The Hall–Kier alpha value is -2.39. The molecule has 0 bridgehead atoms. The number of para-hydroxylation sites is 1. The first kappa shape index (κ1) is 15.5. The molecule has 3 heteroatoms. The fourth-order valence-electron chi connectivity index (χ4n) is 2.46. The highest BCUT2D eigenvalue weighted by Gasteiger charge is 2.12. The molecule has 1 N–H and O–H groups in total. The molecule has 0 aliphatic heterocycles. The van der Waals surface area contributed by atoms with Crippen LogP contribution in [-0.2, 0) is 6.42 Å². The smallest absolute Gasteiger partial charge is 0.255 e. The van der Waals surface area contributed by atoms with E-state index in [4.69, 9.17) is 0 Å². The van der Waals surface area contributed by atoms with Crippen LogP contribution in [-0.4, -0.2) is 5.91 Å². The number of halogens is 1. The third-order valence-corrected chi connectivity index (χ3v) is 4.31. The van der Waals surface area contributed by atoms with Gasteiger partial charge in [0.1, 0.15) is 0 Å². The molecule has 0 saturated carbocycles. The van der Waals surface area contributed by atoms with E-state index in [1.807, 2.05) is 66.7 Å². The normalized spacial score (nSPS) is 10.3. The largest absolute Gasteiger partial charge is 0.321 e. The topological polar surface area (TPSA) is 29.1 Å². The molecule has 114 valence electrons. The minimum absolute atomic E-state index is 0.0940. The first-order valence-electron chi connectivity index (χ1n) is 7.42. The van der Waals surface area contributed by atoms with Gasteiger partial charge in [0.25, 0.3) is 5.91 Å². The number of carbonyl (C=O) groups is 1. The van der Waals surface area contributed by atoms with Crippen molar-refractivity contribution in [1.82, 2.24) is 0 Å². The molecule has 0 fully saturated rings. The summed E-state index contributed by atoms with van der Waals surface area (Å²) in [5.41, 5.74) is 3.68. The van der Waals surface area contributed by atoms with E-state index in [1.165, 1.54) is 5.56 Å². The van der Waals surface area contributed by atoms with Crippen molar-refractivity contribution in [2.45, 2.75) is 6.42 Å². The number of hydrogen-bond acceptors (Lipinski definition) is 1. The lowest BCUT2D eigenvalue weighted by molar-refractivity contribution is 0.102. The predicted octanol–water partition coefficient (Wildman–Crippen LogP) is 5.29. The van der Waals surface area contributed by atoms with E-state index in [2.05, 4.69) is 33.4 Å². The number of carbonyl (C=O) groups excluding carboxylic acids is 1. The second-order valence-electron chi connectivity index (χ2n) is 5.25. The van der Waals surface area contributed by atoms with Crippen molar-refractivity contribution in [2.75, 3.05) is 5.32 Å². The van der Waals surface area contributed by atoms with E-state index < -0.39 is 0 Å². The number of hydrogen-bond donors (Lipinski definition) is 1. The second-order valence-corrected chi connectivity index (χ2v) is 6.11. The molecule has 0 aromatic heterocycles. The summed E-state index contributed by atoms with van der Waals surface area (Å²) < 4.78 is 0.869. The summed E-state index contributed by atoms with van der Waals surface area (Å²) in [6.45, 7) is 0.